The Morgan fingerprint density at radius 2 is 1.56 bits per heavy atom. The van der Waals surface area contributed by atoms with Crippen LogP contribution in [0.3, 0.4) is 0 Å². The first-order valence-corrected chi connectivity index (χ1v) is 11.3. The minimum atomic E-state index is -3.15. The number of aryl methyl sites for hydroxylation is 1. The van der Waals surface area contributed by atoms with Crippen LogP contribution in [0, 0.1) is 0 Å². The number of rotatable bonds is 9. The lowest BCUT2D eigenvalue weighted by molar-refractivity contribution is 0.328. The van der Waals surface area contributed by atoms with E-state index >= 15 is 0 Å². The summed E-state index contributed by atoms with van der Waals surface area (Å²) in [5.41, 5.74) is 2.74. The lowest BCUT2D eigenvalue weighted by Gasteiger charge is -2.30. The highest BCUT2D eigenvalue weighted by Gasteiger charge is 2.26. The summed E-state index contributed by atoms with van der Waals surface area (Å²) in [5.74, 6) is 0. The normalized spacial score (nSPS) is 21.6. The predicted octanol–water partition coefficient (Wildman–Crippen LogP) is 3.76. The third-order valence-electron chi connectivity index (χ3n) is 5.12. The molecular weight excluding hydrogens is 332 g/mol. The Morgan fingerprint density at radius 3 is 2.12 bits per heavy atom. The molecule has 25 heavy (non-hydrogen) atoms. The van der Waals surface area contributed by atoms with Gasteiger partial charge in [-0.1, -0.05) is 37.6 Å². The van der Waals surface area contributed by atoms with Crippen LogP contribution in [0.25, 0.3) is 0 Å². The second kappa shape index (κ2) is 9.70. The standard InChI is InChI=1S/C20H34N2O2S/c1-4-5-6-17-7-9-18(10-8-17)15-21-19-11-13-20(14-12-19)22-25(23,24)16(2)3/h7-10,16,19-22H,4-6,11-15H2,1-3H3. The average molecular weight is 367 g/mol. The molecule has 5 heteroatoms. The molecule has 0 amide bonds. The third kappa shape index (κ3) is 6.72. The highest BCUT2D eigenvalue weighted by molar-refractivity contribution is 7.90. The molecule has 0 bridgehead atoms. The van der Waals surface area contributed by atoms with Crippen LogP contribution in [-0.2, 0) is 23.0 Å². The van der Waals surface area contributed by atoms with Crippen molar-refractivity contribution in [3.05, 3.63) is 35.4 Å². The molecule has 142 valence electrons. The SMILES string of the molecule is CCCCc1ccc(CNC2CCC(NS(=O)(=O)C(C)C)CC2)cc1. The molecule has 1 aliphatic carbocycles. The quantitative estimate of drug-likeness (QED) is 0.700. The van der Waals surface area contributed by atoms with Crippen LogP contribution in [0.5, 0.6) is 0 Å². The maximum atomic E-state index is 12.0. The number of unbranched alkanes of at least 4 members (excludes halogenated alkanes) is 1. The van der Waals surface area contributed by atoms with Crippen molar-refractivity contribution in [2.75, 3.05) is 0 Å². The highest BCUT2D eigenvalue weighted by Crippen LogP contribution is 2.20. The summed E-state index contributed by atoms with van der Waals surface area (Å²) in [5, 5.41) is 3.27. The van der Waals surface area contributed by atoms with E-state index in [9.17, 15) is 8.42 Å². The van der Waals surface area contributed by atoms with Gasteiger partial charge in [0.2, 0.25) is 10.0 Å². The zero-order chi connectivity index (χ0) is 18.3. The summed E-state index contributed by atoms with van der Waals surface area (Å²) in [6, 6.07) is 9.51. The molecule has 0 unspecified atom stereocenters. The molecular formula is C20H34N2O2S. The van der Waals surface area contributed by atoms with Crippen molar-refractivity contribution < 1.29 is 8.42 Å². The number of nitrogens with one attached hydrogen (secondary N) is 2. The van der Waals surface area contributed by atoms with Gasteiger partial charge in [-0.3, -0.25) is 0 Å². The van der Waals surface area contributed by atoms with Crippen molar-refractivity contribution >= 4 is 10.0 Å². The summed E-state index contributed by atoms with van der Waals surface area (Å²) in [7, 11) is -3.15. The van der Waals surface area contributed by atoms with Crippen molar-refractivity contribution in [2.45, 2.75) is 89.6 Å². The summed E-state index contributed by atoms with van der Waals surface area (Å²) >= 11 is 0. The molecule has 0 atom stereocenters. The second-order valence-electron chi connectivity index (χ2n) is 7.56. The van der Waals surface area contributed by atoms with E-state index in [1.807, 2.05) is 0 Å². The minimum absolute atomic E-state index is 0.100. The smallest absolute Gasteiger partial charge is 0.214 e. The highest BCUT2D eigenvalue weighted by atomic mass is 32.2. The molecule has 1 aromatic carbocycles. The molecule has 0 aliphatic heterocycles. The largest absolute Gasteiger partial charge is 0.310 e. The molecule has 0 aromatic heterocycles. The van der Waals surface area contributed by atoms with E-state index in [-0.39, 0.29) is 11.3 Å². The van der Waals surface area contributed by atoms with Crippen LogP contribution in [0.4, 0.5) is 0 Å². The first kappa shape index (κ1) is 20.4. The van der Waals surface area contributed by atoms with E-state index in [1.165, 1.54) is 30.4 Å². The van der Waals surface area contributed by atoms with Crippen molar-refractivity contribution in [3.8, 4) is 0 Å². The van der Waals surface area contributed by atoms with Gasteiger partial charge in [-0.2, -0.15) is 0 Å². The van der Waals surface area contributed by atoms with Gasteiger partial charge in [0.15, 0.2) is 0 Å². The average Bonchev–Trinajstić information content (AvgIpc) is 2.60. The summed E-state index contributed by atoms with van der Waals surface area (Å²) in [6.45, 7) is 6.56. The second-order valence-corrected chi connectivity index (χ2v) is 9.83. The first-order chi connectivity index (χ1) is 11.9. The van der Waals surface area contributed by atoms with Gasteiger partial charge in [0.1, 0.15) is 0 Å². The van der Waals surface area contributed by atoms with Crippen LogP contribution in [0.15, 0.2) is 24.3 Å². The molecule has 0 radical (unpaired) electrons. The van der Waals surface area contributed by atoms with Crippen LogP contribution in [-0.4, -0.2) is 25.8 Å². The Kier molecular flexibility index (Phi) is 7.91. The fourth-order valence-electron chi connectivity index (χ4n) is 3.25. The van der Waals surface area contributed by atoms with E-state index < -0.39 is 10.0 Å². The lowest BCUT2D eigenvalue weighted by Crippen LogP contribution is -2.44. The Balaban J connectivity index is 1.71. The van der Waals surface area contributed by atoms with Gasteiger partial charge in [-0.25, -0.2) is 13.1 Å². The molecule has 1 aliphatic rings. The Morgan fingerprint density at radius 1 is 1.00 bits per heavy atom. The maximum absolute atomic E-state index is 12.0. The van der Waals surface area contributed by atoms with Crippen LogP contribution < -0.4 is 10.0 Å². The van der Waals surface area contributed by atoms with Crippen LogP contribution in [0.2, 0.25) is 0 Å². The molecule has 0 spiro atoms. The van der Waals surface area contributed by atoms with Gasteiger partial charge >= 0.3 is 0 Å². The summed E-state index contributed by atoms with van der Waals surface area (Å²) < 4.78 is 26.8. The molecule has 0 heterocycles. The number of hydrogen-bond acceptors (Lipinski definition) is 3. The number of benzene rings is 1. The van der Waals surface area contributed by atoms with Gasteiger partial charge in [-0.05, 0) is 63.5 Å². The number of hydrogen-bond donors (Lipinski definition) is 2. The van der Waals surface area contributed by atoms with E-state index in [2.05, 4.69) is 41.2 Å². The molecule has 0 saturated heterocycles. The maximum Gasteiger partial charge on any atom is 0.214 e. The van der Waals surface area contributed by atoms with Crippen LogP contribution >= 0.6 is 0 Å². The Bertz CT molecular complexity index is 603. The zero-order valence-corrected chi connectivity index (χ0v) is 16.7. The van der Waals surface area contributed by atoms with Gasteiger partial charge < -0.3 is 5.32 Å². The van der Waals surface area contributed by atoms with Crippen LogP contribution in [0.1, 0.15) is 70.4 Å². The fraction of sp³-hybridized carbons (Fsp3) is 0.700. The summed E-state index contributed by atoms with van der Waals surface area (Å²) in [4.78, 5) is 0. The van der Waals surface area contributed by atoms with Gasteiger partial charge in [0, 0.05) is 18.6 Å². The molecule has 1 aromatic rings. The van der Waals surface area contributed by atoms with E-state index in [0.717, 1.165) is 32.2 Å². The Hall–Kier alpha value is -0.910. The zero-order valence-electron chi connectivity index (χ0n) is 15.9. The van der Waals surface area contributed by atoms with Gasteiger partial charge in [0.05, 0.1) is 5.25 Å². The monoisotopic (exact) mass is 366 g/mol. The van der Waals surface area contributed by atoms with Crippen molar-refractivity contribution in [1.29, 1.82) is 0 Å². The Labute approximate surface area is 153 Å². The first-order valence-electron chi connectivity index (χ1n) is 9.73. The summed E-state index contributed by atoms with van der Waals surface area (Å²) in [6.07, 6.45) is 7.54. The predicted molar refractivity (Wildman–Crippen MR) is 105 cm³/mol. The molecule has 1 fully saturated rings. The van der Waals surface area contributed by atoms with Crippen molar-refractivity contribution in [3.63, 3.8) is 0 Å². The van der Waals surface area contributed by atoms with E-state index in [0.29, 0.717) is 6.04 Å². The third-order valence-corrected chi connectivity index (χ3v) is 7.02. The molecule has 1 saturated carbocycles. The topological polar surface area (TPSA) is 58.2 Å². The fourth-order valence-corrected chi connectivity index (χ4v) is 4.22. The van der Waals surface area contributed by atoms with Crippen molar-refractivity contribution in [1.82, 2.24) is 10.0 Å². The number of sulfonamides is 1. The van der Waals surface area contributed by atoms with Gasteiger partial charge in [0.25, 0.3) is 0 Å². The van der Waals surface area contributed by atoms with E-state index in [4.69, 9.17) is 0 Å². The molecule has 2 rings (SSSR count). The molecule has 2 N–H and O–H groups in total. The lowest BCUT2D eigenvalue weighted by atomic mass is 9.91. The minimum Gasteiger partial charge on any atom is -0.310 e. The molecule has 4 nitrogen and oxygen atoms in total. The van der Waals surface area contributed by atoms with E-state index in [1.54, 1.807) is 13.8 Å². The van der Waals surface area contributed by atoms with Gasteiger partial charge in [-0.15, -0.1) is 0 Å². The van der Waals surface area contributed by atoms with Crippen molar-refractivity contribution in [2.24, 2.45) is 0 Å².